The van der Waals surface area contributed by atoms with Gasteiger partial charge in [-0.3, -0.25) is 4.79 Å². The maximum Gasteiger partial charge on any atom is 0.240 e. The number of benzene rings is 1. The van der Waals surface area contributed by atoms with Crippen molar-refractivity contribution in [1.82, 2.24) is 0 Å². The fourth-order valence-corrected chi connectivity index (χ4v) is 3.17. The van der Waals surface area contributed by atoms with Crippen LogP contribution in [0.2, 0.25) is 5.02 Å². The van der Waals surface area contributed by atoms with E-state index in [0.29, 0.717) is 11.6 Å². The van der Waals surface area contributed by atoms with Crippen molar-refractivity contribution in [2.24, 2.45) is 0 Å². The van der Waals surface area contributed by atoms with Crippen molar-refractivity contribution in [3.05, 3.63) is 29.3 Å². The van der Waals surface area contributed by atoms with E-state index in [1.165, 1.54) is 0 Å². The number of thioether (sulfide) groups is 1. The van der Waals surface area contributed by atoms with E-state index < -0.39 is 0 Å². The molecule has 0 saturated carbocycles. The number of halogens is 1. The summed E-state index contributed by atoms with van der Waals surface area (Å²) in [5, 5.41) is 0.757. The Bertz CT molecular complexity index is 410. The number of amides is 1. The molecule has 0 N–H and O–H groups in total. The summed E-state index contributed by atoms with van der Waals surface area (Å²) in [6.45, 7) is 1.47. The SMILES string of the molecule is COCCSC1CCN(c2ccc(Cl)cc2)C1=O. The van der Waals surface area contributed by atoms with Gasteiger partial charge in [-0.15, -0.1) is 11.8 Å². The van der Waals surface area contributed by atoms with Gasteiger partial charge in [-0.2, -0.15) is 0 Å². The molecule has 1 aliphatic rings. The van der Waals surface area contributed by atoms with Crippen LogP contribution in [-0.2, 0) is 9.53 Å². The van der Waals surface area contributed by atoms with Crippen LogP contribution < -0.4 is 4.90 Å². The van der Waals surface area contributed by atoms with E-state index in [-0.39, 0.29) is 11.2 Å². The second-order valence-corrected chi connectivity index (χ2v) is 5.85. The van der Waals surface area contributed by atoms with Crippen molar-refractivity contribution in [3.63, 3.8) is 0 Å². The Hall–Kier alpha value is -0.710. The van der Waals surface area contributed by atoms with Crippen LogP contribution >= 0.6 is 23.4 Å². The van der Waals surface area contributed by atoms with Crippen molar-refractivity contribution < 1.29 is 9.53 Å². The van der Waals surface area contributed by atoms with Gasteiger partial charge in [-0.25, -0.2) is 0 Å². The van der Waals surface area contributed by atoms with Crippen LogP contribution in [0, 0.1) is 0 Å². The van der Waals surface area contributed by atoms with Gasteiger partial charge in [0.25, 0.3) is 0 Å². The number of hydrogen-bond acceptors (Lipinski definition) is 3. The lowest BCUT2D eigenvalue weighted by molar-refractivity contribution is -0.116. The quantitative estimate of drug-likeness (QED) is 0.779. The summed E-state index contributed by atoms with van der Waals surface area (Å²) in [5.74, 6) is 1.06. The Morgan fingerprint density at radius 3 is 2.83 bits per heavy atom. The standard InChI is InChI=1S/C13H16ClNO2S/c1-17-8-9-18-12-6-7-15(13(12)16)11-4-2-10(14)3-5-11/h2-5,12H,6-9H2,1H3. The summed E-state index contributed by atoms with van der Waals surface area (Å²) < 4.78 is 5.00. The molecule has 0 bridgehead atoms. The number of anilines is 1. The van der Waals surface area contributed by atoms with Crippen LogP contribution in [0.25, 0.3) is 0 Å². The number of carbonyl (C=O) groups is 1. The van der Waals surface area contributed by atoms with Crippen molar-refractivity contribution in [2.45, 2.75) is 11.7 Å². The Morgan fingerprint density at radius 2 is 2.17 bits per heavy atom. The maximum atomic E-state index is 12.2. The molecule has 2 rings (SSSR count). The summed E-state index contributed by atoms with van der Waals surface area (Å²) in [6, 6.07) is 7.41. The molecule has 18 heavy (non-hydrogen) atoms. The fraction of sp³-hybridized carbons (Fsp3) is 0.462. The molecule has 1 atom stereocenters. The molecule has 0 spiro atoms. The highest BCUT2D eigenvalue weighted by molar-refractivity contribution is 8.00. The largest absolute Gasteiger partial charge is 0.384 e. The van der Waals surface area contributed by atoms with Crippen LogP contribution in [-0.4, -0.2) is 37.2 Å². The van der Waals surface area contributed by atoms with Crippen LogP contribution in [0.15, 0.2) is 24.3 Å². The molecule has 98 valence electrons. The summed E-state index contributed by atoms with van der Waals surface area (Å²) in [6.07, 6.45) is 0.899. The first-order valence-electron chi connectivity index (χ1n) is 5.90. The highest BCUT2D eigenvalue weighted by Crippen LogP contribution is 2.29. The topological polar surface area (TPSA) is 29.5 Å². The van der Waals surface area contributed by atoms with Crippen LogP contribution in [0.1, 0.15) is 6.42 Å². The van der Waals surface area contributed by atoms with Crippen molar-refractivity contribution in [3.8, 4) is 0 Å². The predicted molar refractivity (Wildman–Crippen MR) is 76.5 cm³/mol. The van der Waals surface area contributed by atoms with Crippen molar-refractivity contribution >= 4 is 35.0 Å². The Kier molecular flexibility index (Phi) is 4.92. The number of rotatable bonds is 5. The summed E-state index contributed by atoms with van der Waals surface area (Å²) in [5.41, 5.74) is 0.930. The minimum absolute atomic E-state index is 0.0656. The summed E-state index contributed by atoms with van der Waals surface area (Å²) >= 11 is 7.52. The lowest BCUT2D eigenvalue weighted by atomic mass is 10.3. The number of hydrogen-bond donors (Lipinski definition) is 0. The molecular formula is C13H16ClNO2S. The molecule has 1 aromatic carbocycles. The molecule has 1 fully saturated rings. The molecule has 0 radical (unpaired) electrons. The van der Waals surface area contributed by atoms with E-state index >= 15 is 0 Å². The lowest BCUT2D eigenvalue weighted by Gasteiger charge is -2.16. The molecule has 1 aliphatic heterocycles. The third kappa shape index (κ3) is 3.19. The third-order valence-corrected chi connectivity index (χ3v) is 4.40. The summed E-state index contributed by atoms with van der Waals surface area (Å²) in [4.78, 5) is 14.1. The zero-order valence-electron chi connectivity index (χ0n) is 10.3. The van der Waals surface area contributed by atoms with Gasteiger partial charge in [-0.05, 0) is 30.7 Å². The minimum atomic E-state index is 0.0656. The first-order valence-corrected chi connectivity index (χ1v) is 7.32. The smallest absolute Gasteiger partial charge is 0.240 e. The van der Waals surface area contributed by atoms with Gasteiger partial charge in [0.2, 0.25) is 5.91 Å². The van der Waals surface area contributed by atoms with Gasteiger partial charge in [0, 0.05) is 30.1 Å². The molecule has 1 unspecified atom stereocenters. The Labute approximate surface area is 116 Å². The normalized spacial score (nSPS) is 19.6. The first kappa shape index (κ1) is 13.7. The van der Waals surface area contributed by atoms with Crippen molar-refractivity contribution in [2.75, 3.05) is 30.9 Å². The molecule has 3 nitrogen and oxygen atoms in total. The van der Waals surface area contributed by atoms with Crippen LogP contribution in [0.3, 0.4) is 0 Å². The van der Waals surface area contributed by atoms with Gasteiger partial charge in [0.1, 0.15) is 0 Å². The number of ether oxygens (including phenoxy) is 1. The minimum Gasteiger partial charge on any atom is -0.384 e. The van der Waals surface area contributed by atoms with Crippen molar-refractivity contribution in [1.29, 1.82) is 0 Å². The average Bonchev–Trinajstić information content (AvgIpc) is 2.73. The molecule has 0 aromatic heterocycles. The monoisotopic (exact) mass is 285 g/mol. The molecular weight excluding hydrogens is 270 g/mol. The molecule has 1 aromatic rings. The van der Waals surface area contributed by atoms with E-state index in [1.807, 2.05) is 29.2 Å². The van der Waals surface area contributed by atoms with Gasteiger partial charge in [0.15, 0.2) is 0 Å². The molecule has 1 saturated heterocycles. The number of methoxy groups -OCH3 is 1. The first-order chi connectivity index (χ1) is 8.72. The number of carbonyl (C=O) groups excluding carboxylic acids is 1. The van der Waals surface area contributed by atoms with Crippen LogP contribution in [0.5, 0.6) is 0 Å². The molecule has 1 heterocycles. The Balaban J connectivity index is 1.96. The van der Waals surface area contributed by atoms with E-state index in [1.54, 1.807) is 18.9 Å². The second kappa shape index (κ2) is 6.45. The molecule has 0 aliphatic carbocycles. The second-order valence-electron chi connectivity index (χ2n) is 4.11. The number of nitrogens with zero attached hydrogens (tertiary/aromatic N) is 1. The van der Waals surface area contributed by atoms with E-state index in [2.05, 4.69) is 0 Å². The molecule has 1 amide bonds. The molecule has 5 heteroatoms. The Morgan fingerprint density at radius 1 is 1.44 bits per heavy atom. The van der Waals surface area contributed by atoms with Gasteiger partial charge in [0.05, 0.1) is 11.9 Å². The highest BCUT2D eigenvalue weighted by atomic mass is 35.5. The average molecular weight is 286 g/mol. The zero-order chi connectivity index (χ0) is 13.0. The highest BCUT2D eigenvalue weighted by Gasteiger charge is 2.32. The third-order valence-electron chi connectivity index (χ3n) is 2.90. The zero-order valence-corrected chi connectivity index (χ0v) is 11.8. The van der Waals surface area contributed by atoms with E-state index in [9.17, 15) is 4.79 Å². The van der Waals surface area contributed by atoms with Gasteiger partial charge in [-0.1, -0.05) is 11.6 Å². The van der Waals surface area contributed by atoms with E-state index in [4.69, 9.17) is 16.3 Å². The van der Waals surface area contributed by atoms with Gasteiger partial charge < -0.3 is 9.64 Å². The van der Waals surface area contributed by atoms with Crippen LogP contribution in [0.4, 0.5) is 5.69 Å². The maximum absolute atomic E-state index is 12.2. The summed E-state index contributed by atoms with van der Waals surface area (Å²) in [7, 11) is 1.68. The van der Waals surface area contributed by atoms with Gasteiger partial charge >= 0.3 is 0 Å². The fourth-order valence-electron chi connectivity index (χ4n) is 1.96. The predicted octanol–water partition coefficient (Wildman–Crippen LogP) is 2.82. The van der Waals surface area contributed by atoms with E-state index in [0.717, 1.165) is 24.4 Å². The lowest BCUT2D eigenvalue weighted by Crippen LogP contribution is -2.28.